The Kier molecular flexibility index (Phi) is 3.16. The van der Waals surface area contributed by atoms with Crippen LogP contribution in [0.1, 0.15) is 18.9 Å². The summed E-state index contributed by atoms with van der Waals surface area (Å²) in [6, 6.07) is 8.81. The average molecular weight is 248 g/mol. The third kappa shape index (κ3) is 2.51. The van der Waals surface area contributed by atoms with E-state index in [-0.39, 0.29) is 0 Å². The molecule has 0 saturated carbocycles. The van der Waals surface area contributed by atoms with E-state index in [0.29, 0.717) is 10.8 Å². The summed E-state index contributed by atoms with van der Waals surface area (Å²) in [6.07, 6.45) is 2.47. The molecule has 3 rings (SSSR count). The first-order valence-corrected chi connectivity index (χ1v) is 7.33. The standard InChI is InChI=1S/C14H20N2S/c1-14(6-7-15-10-14)16-9-12-8-11-4-2-3-5-13(11)17-12/h2-5,12,15-16H,6-10H2,1H3. The highest BCUT2D eigenvalue weighted by molar-refractivity contribution is 8.00. The van der Waals surface area contributed by atoms with Crippen molar-refractivity contribution in [2.45, 2.75) is 35.4 Å². The molecule has 3 heteroatoms. The van der Waals surface area contributed by atoms with E-state index in [2.05, 4.69) is 41.8 Å². The average Bonchev–Trinajstić information content (AvgIpc) is 2.93. The number of hydrogen-bond acceptors (Lipinski definition) is 3. The predicted octanol–water partition coefficient (Wildman–Crippen LogP) is 2.04. The topological polar surface area (TPSA) is 24.1 Å². The van der Waals surface area contributed by atoms with Gasteiger partial charge in [-0.1, -0.05) is 18.2 Å². The van der Waals surface area contributed by atoms with Crippen molar-refractivity contribution < 1.29 is 0 Å². The van der Waals surface area contributed by atoms with Crippen LogP contribution in [0.2, 0.25) is 0 Å². The molecule has 2 heterocycles. The summed E-state index contributed by atoms with van der Waals surface area (Å²) in [6.45, 7) is 5.72. The van der Waals surface area contributed by atoms with Crippen LogP contribution in [0.25, 0.3) is 0 Å². The molecule has 0 aromatic heterocycles. The molecule has 1 fully saturated rings. The van der Waals surface area contributed by atoms with Crippen molar-refractivity contribution in [3.63, 3.8) is 0 Å². The van der Waals surface area contributed by atoms with E-state index >= 15 is 0 Å². The van der Waals surface area contributed by atoms with Gasteiger partial charge in [0, 0.05) is 28.8 Å². The van der Waals surface area contributed by atoms with E-state index in [1.165, 1.54) is 23.3 Å². The van der Waals surface area contributed by atoms with Crippen LogP contribution in [-0.2, 0) is 6.42 Å². The van der Waals surface area contributed by atoms with Crippen LogP contribution in [0.4, 0.5) is 0 Å². The molecule has 1 aromatic rings. The molecule has 2 atom stereocenters. The fraction of sp³-hybridized carbons (Fsp3) is 0.571. The Morgan fingerprint density at radius 3 is 3.12 bits per heavy atom. The molecule has 0 spiro atoms. The molecule has 2 nitrogen and oxygen atoms in total. The van der Waals surface area contributed by atoms with Crippen molar-refractivity contribution in [1.29, 1.82) is 0 Å². The first-order chi connectivity index (χ1) is 8.25. The van der Waals surface area contributed by atoms with E-state index < -0.39 is 0 Å². The summed E-state index contributed by atoms with van der Waals surface area (Å²) in [5, 5.41) is 7.90. The van der Waals surface area contributed by atoms with Gasteiger partial charge in [0.05, 0.1) is 0 Å². The smallest absolute Gasteiger partial charge is 0.0290 e. The van der Waals surface area contributed by atoms with E-state index in [1.54, 1.807) is 0 Å². The van der Waals surface area contributed by atoms with Gasteiger partial charge >= 0.3 is 0 Å². The summed E-state index contributed by atoms with van der Waals surface area (Å²) in [4.78, 5) is 1.48. The number of hydrogen-bond donors (Lipinski definition) is 2. The summed E-state index contributed by atoms with van der Waals surface area (Å²) in [5.41, 5.74) is 1.84. The zero-order valence-electron chi connectivity index (χ0n) is 10.3. The zero-order chi connectivity index (χ0) is 11.7. The predicted molar refractivity (Wildman–Crippen MR) is 73.7 cm³/mol. The Labute approximate surface area is 108 Å². The van der Waals surface area contributed by atoms with Gasteiger partial charge in [0.1, 0.15) is 0 Å². The minimum absolute atomic E-state index is 0.315. The first-order valence-electron chi connectivity index (χ1n) is 6.45. The van der Waals surface area contributed by atoms with Crippen LogP contribution in [0.3, 0.4) is 0 Å². The Bertz CT molecular complexity index is 374. The van der Waals surface area contributed by atoms with Gasteiger partial charge in [-0.3, -0.25) is 0 Å². The number of thioether (sulfide) groups is 1. The molecular formula is C14H20N2S. The molecular weight excluding hydrogens is 228 g/mol. The molecule has 2 N–H and O–H groups in total. The van der Waals surface area contributed by atoms with E-state index in [0.717, 1.165) is 19.6 Å². The molecule has 2 unspecified atom stereocenters. The van der Waals surface area contributed by atoms with E-state index in [4.69, 9.17) is 0 Å². The van der Waals surface area contributed by atoms with E-state index in [1.807, 2.05) is 11.8 Å². The maximum atomic E-state index is 3.75. The fourth-order valence-corrected chi connectivity index (χ4v) is 3.94. The van der Waals surface area contributed by atoms with Gasteiger partial charge in [-0.05, 0) is 37.9 Å². The van der Waals surface area contributed by atoms with Crippen molar-refractivity contribution in [2.24, 2.45) is 0 Å². The van der Waals surface area contributed by atoms with Gasteiger partial charge in [0.2, 0.25) is 0 Å². The monoisotopic (exact) mass is 248 g/mol. The lowest BCUT2D eigenvalue weighted by atomic mass is 10.0. The Morgan fingerprint density at radius 1 is 1.47 bits per heavy atom. The van der Waals surface area contributed by atoms with Gasteiger partial charge in [0.15, 0.2) is 0 Å². The van der Waals surface area contributed by atoms with Crippen molar-refractivity contribution >= 4 is 11.8 Å². The van der Waals surface area contributed by atoms with Crippen molar-refractivity contribution in [3.05, 3.63) is 29.8 Å². The van der Waals surface area contributed by atoms with Crippen LogP contribution in [0, 0.1) is 0 Å². The minimum atomic E-state index is 0.315. The third-order valence-corrected chi connectivity index (χ3v) is 5.16. The molecule has 0 radical (unpaired) electrons. The van der Waals surface area contributed by atoms with Crippen LogP contribution >= 0.6 is 11.8 Å². The maximum absolute atomic E-state index is 3.75. The molecule has 2 aliphatic rings. The molecule has 17 heavy (non-hydrogen) atoms. The third-order valence-electron chi connectivity index (χ3n) is 3.84. The van der Waals surface area contributed by atoms with Gasteiger partial charge in [0.25, 0.3) is 0 Å². The number of rotatable bonds is 3. The van der Waals surface area contributed by atoms with Gasteiger partial charge in [-0.2, -0.15) is 0 Å². The molecule has 0 bridgehead atoms. The highest BCUT2D eigenvalue weighted by Gasteiger charge is 2.30. The second-order valence-electron chi connectivity index (χ2n) is 5.42. The van der Waals surface area contributed by atoms with Crippen molar-refractivity contribution in [2.75, 3.05) is 19.6 Å². The second-order valence-corrected chi connectivity index (χ2v) is 6.76. The summed E-state index contributed by atoms with van der Waals surface area (Å²) in [5.74, 6) is 0. The Hall–Kier alpha value is -0.510. The molecule has 1 aromatic carbocycles. The second kappa shape index (κ2) is 4.63. The van der Waals surface area contributed by atoms with Crippen molar-refractivity contribution in [3.8, 4) is 0 Å². The molecule has 0 amide bonds. The lowest BCUT2D eigenvalue weighted by Crippen LogP contribution is -2.46. The summed E-state index contributed by atoms with van der Waals surface area (Å²) < 4.78 is 0. The molecule has 0 aliphatic carbocycles. The number of fused-ring (bicyclic) bond motifs is 1. The summed E-state index contributed by atoms with van der Waals surface area (Å²) in [7, 11) is 0. The van der Waals surface area contributed by atoms with Crippen molar-refractivity contribution in [1.82, 2.24) is 10.6 Å². The van der Waals surface area contributed by atoms with Crippen LogP contribution < -0.4 is 10.6 Å². The van der Waals surface area contributed by atoms with Crippen LogP contribution in [0.5, 0.6) is 0 Å². The first kappa shape index (κ1) is 11.6. The quantitative estimate of drug-likeness (QED) is 0.856. The molecule has 92 valence electrons. The Balaban J connectivity index is 1.55. The van der Waals surface area contributed by atoms with Crippen LogP contribution in [-0.4, -0.2) is 30.4 Å². The highest BCUT2D eigenvalue weighted by atomic mass is 32.2. The normalized spacial score (nSPS) is 31.7. The lowest BCUT2D eigenvalue weighted by molar-refractivity contribution is 0.388. The SMILES string of the molecule is CC1(NCC2Cc3ccccc3S2)CCNC1. The largest absolute Gasteiger partial charge is 0.315 e. The van der Waals surface area contributed by atoms with Gasteiger partial charge < -0.3 is 10.6 Å². The number of nitrogens with one attached hydrogen (secondary N) is 2. The Morgan fingerprint density at radius 2 is 2.35 bits per heavy atom. The zero-order valence-corrected chi connectivity index (χ0v) is 11.1. The lowest BCUT2D eigenvalue weighted by Gasteiger charge is -2.26. The number of benzene rings is 1. The van der Waals surface area contributed by atoms with E-state index in [9.17, 15) is 0 Å². The van der Waals surface area contributed by atoms with Gasteiger partial charge in [-0.15, -0.1) is 11.8 Å². The molecule has 1 saturated heterocycles. The highest BCUT2D eigenvalue weighted by Crippen LogP contribution is 2.36. The fourth-order valence-electron chi connectivity index (χ4n) is 2.70. The minimum Gasteiger partial charge on any atom is -0.315 e. The maximum Gasteiger partial charge on any atom is 0.0290 e. The van der Waals surface area contributed by atoms with Gasteiger partial charge in [-0.25, -0.2) is 0 Å². The molecule has 2 aliphatic heterocycles. The summed E-state index contributed by atoms with van der Waals surface area (Å²) >= 11 is 2.04. The van der Waals surface area contributed by atoms with Crippen LogP contribution in [0.15, 0.2) is 29.2 Å².